The van der Waals surface area contributed by atoms with Gasteiger partial charge in [-0.15, -0.1) is 10.2 Å². The van der Waals surface area contributed by atoms with Gasteiger partial charge in [-0.1, -0.05) is 67.2 Å². The summed E-state index contributed by atoms with van der Waals surface area (Å²) < 4.78 is 6.37. The van der Waals surface area contributed by atoms with Crippen LogP contribution in [0.1, 0.15) is 25.1 Å². The van der Waals surface area contributed by atoms with Crippen LogP contribution in [0.15, 0.2) is 66.0 Å². The van der Waals surface area contributed by atoms with Gasteiger partial charge in [0.2, 0.25) is 17.3 Å². The summed E-state index contributed by atoms with van der Waals surface area (Å²) in [6.45, 7) is 2.13. The lowest BCUT2D eigenvalue weighted by atomic mass is 10.1. The van der Waals surface area contributed by atoms with Gasteiger partial charge in [0.1, 0.15) is 0 Å². The van der Waals surface area contributed by atoms with Crippen LogP contribution in [0.25, 0.3) is 22.5 Å². The average Bonchev–Trinajstić information content (AvgIpc) is 3.22. The molecule has 0 spiro atoms. The van der Waals surface area contributed by atoms with Crippen LogP contribution in [-0.2, 0) is 0 Å². The van der Waals surface area contributed by atoms with Gasteiger partial charge in [-0.05, 0) is 12.5 Å². The summed E-state index contributed by atoms with van der Waals surface area (Å²) >= 11 is 1.58. The van der Waals surface area contributed by atoms with Gasteiger partial charge in [0.15, 0.2) is 5.69 Å². The van der Waals surface area contributed by atoms with Crippen LogP contribution in [-0.4, -0.2) is 31.1 Å². The molecule has 30 heavy (non-hydrogen) atoms. The number of anilines is 1. The van der Waals surface area contributed by atoms with Gasteiger partial charge in [0, 0.05) is 22.6 Å². The number of aromatic amines is 1. The van der Waals surface area contributed by atoms with E-state index in [9.17, 15) is 0 Å². The SMILES string of the molecule is CCCSc1nnc2c(n1)O[C@@H](c1cn[nH]c1-c1ccccc1)Nc1ccccc1-2. The zero-order valence-corrected chi connectivity index (χ0v) is 17.2. The lowest BCUT2D eigenvalue weighted by Gasteiger charge is -2.19. The Bertz CT molecular complexity index is 1160. The van der Waals surface area contributed by atoms with E-state index in [-0.39, 0.29) is 0 Å². The molecular weight excluding hydrogens is 396 g/mol. The van der Waals surface area contributed by atoms with E-state index in [0.29, 0.717) is 16.7 Å². The number of rotatable bonds is 5. The number of H-pyrrole nitrogens is 1. The lowest BCUT2D eigenvalue weighted by molar-refractivity contribution is 0.226. The summed E-state index contributed by atoms with van der Waals surface area (Å²) in [6.07, 6.45) is 2.34. The highest BCUT2D eigenvalue weighted by Crippen LogP contribution is 2.40. The summed E-state index contributed by atoms with van der Waals surface area (Å²) in [6, 6.07) is 18.0. The number of aromatic nitrogens is 5. The summed E-state index contributed by atoms with van der Waals surface area (Å²) in [5.41, 5.74) is 5.28. The summed E-state index contributed by atoms with van der Waals surface area (Å²) in [5, 5.41) is 20.2. The Morgan fingerprint density at radius 3 is 2.73 bits per heavy atom. The molecule has 0 unspecified atom stereocenters. The fourth-order valence-corrected chi connectivity index (χ4v) is 4.01. The molecule has 4 aromatic rings. The molecule has 0 amide bonds. The van der Waals surface area contributed by atoms with Crippen molar-refractivity contribution in [1.82, 2.24) is 25.4 Å². The first-order valence-corrected chi connectivity index (χ1v) is 10.8. The van der Waals surface area contributed by atoms with Gasteiger partial charge in [-0.25, -0.2) is 0 Å². The summed E-state index contributed by atoms with van der Waals surface area (Å²) in [5.74, 6) is 1.39. The van der Waals surface area contributed by atoms with E-state index in [1.54, 1.807) is 18.0 Å². The standard InChI is InChI=1S/C22H20N6OS/c1-2-12-30-22-25-21-19(27-28-22)15-10-6-7-11-17(15)24-20(29-21)16-13-23-26-18(16)14-8-4-3-5-9-14/h3-11,13,20,24H,2,12H2,1H3,(H,23,26)/t20-/m0/s1. The number of nitrogens with one attached hydrogen (secondary N) is 2. The van der Waals surface area contributed by atoms with E-state index in [1.807, 2.05) is 54.6 Å². The van der Waals surface area contributed by atoms with Crippen molar-refractivity contribution in [3.05, 3.63) is 66.4 Å². The fraction of sp³-hybridized carbons (Fsp3) is 0.182. The van der Waals surface area contributed by atoms with Gasteiger partial charge in [0.05, 0.1) is 17.5 Å². The second-order valence-electron chi connectivity index (χ2n) is 6.85. The molecule has 3 heterocycles. The quantitative estimate of drug-likeness (QED) is 0.446. The van der Waals surface area contributed by atoms with Crippen LogP contribution in [0.2, 0.25) is 0 Å². The Balaban J connectivity index is 1.59. The molecule has 0 fully saturated rings. The Hall–Kier alpha value is -3.39. The minimum Gasteiger partial charge on any atom is -0.448 e. The molecule has 2 N–H and O–H groups in total. The number of fused-ring (bicyclic) bond motifs is 3. The Labute approximate surface area is 178 Å². The first kappa shape index (κ1) is 18.6. The number of para-hydroxylation sites is 1. The molecular formula is C22H20N6OS. The van der Waals surface area contributed by atoms with Crippen molar-refractivity contribution in [3.8, 4) is 28.4 Å². The molecule has 8 heteroatoms. The number of hydrogen-bond acceptors (Lipinski definition) is 7. The normalized spacial score (nSPS) is 14.8. The van der Waals surface area contributed by atoms with E-state index < -0.39 is 6.23 Å². The topological polar surface area (TPSA) is 88.6 Å². The number of thioether (sulfide) groups is 1. The molecule has 0 saturated heterocycles. The highest BCUT2D eigenvalue weighted by molar-refractivity contribution is 7.99. The minimum atomic E-state index is -0.484. The lowest BCUT2D eigenvalue weighted by Crippen LogP contribution is -2.17. The van der Waals surface area contributed by atoms with Crippen LogP contribution in [0.4, 0.5) is 5.69 Å². The molecule has 1 atom stereocenters. The van der Waals surface area contributed by atoms with Crippen LogP contribution < -0.4 is 10.1 Å². The van der Waals surface area contributed by atoms with Crippen molar-refractivity contribution in [2.75, 3.05) is 11.1 Å². The third-order valence-corrected chi connectivity index (χ3v) is 5.83. The van der Waals surface area contributed by atoms with Crippen molar-refractivity contribution < 1.29 is 4.74 Å². The van der Waals surface area contributed by atoms with Crippen LogP contribution in [0, 0.1) is 0 Å². The Kier molecular flexibility index (Phi) is 5.06. The molecule has 150 valence electrons. The van der Waals surface area contributed by atoms with Crippen molar-refractivity contribution in [2.24, 2.45) is 0 Å². The zero-order chi connectivity index (χ0) is 20.3. The fourth-order valence-electron chi connectivity index (χ4n) is 3.37. The van der Waals surface area contributed by atoms with Crippen molar-refractivity contribution in [1.29, 1.82) is 0 Å². The van der Waals surface area contributed by atoms with Crippen LogP contribution in [0.3, 0.4) is 0 Å². The highest BCUT2D eigenvalue weighted by Gasteiger charge is 2.28. The smallest absolute Gasteiger partial charge is 0.247 e. The van der Waals surface area contributed by atoms with Gasteiger partial charge in [0.25, 0.3) is 0 Å². The third-order valence-electron chi connectivity index (χ3n) is 4.78. The van der Waals surface area contributed by atoms with Crippen LogP contribution >= 0.6 is 11.8 Å². The Morgan fingerprint density at radius 1 is 1.03 bits per heavy atom. The number of benzene rings is 2. The van der Waals surface area contributed by atoms with Gasteiger partial charge < -0.3 is 10.1 Å². The molecule has 2 aromatic carbocycles. The molecule has 0 bridgehead atoms. The third kappa shape index (κ3) is 3.50. The van der Waals surface area contributed by atoms with E-state index in [4.69, 9.17) is 4.74 Å². The molecule has 5 rings (SSSR count). The highest BCUT2D eigenvalue weighted by atomic mass is 32.2. The predicted octanol–water partition coefficient (Wildman–Crippen LogP) is 4.93. The van der Waals surface area contributed by atoms with Crippen molar-refractivity contribution >= 4 is 17.4 Å². The number of nitrogens with zero attached hydrogens (tertiary/aromatic N) is 4. The maximum absolute atomic E-state index is 6.37. The number of hydrogen-bond donors (Lipinski definition) is 2. The van der Waals surface area contributed by atoms with Gasteiger partial charge >= 0.3 is 0 Å². The second kappa shape index (κ2) is 8.16. The summed E-state index contributed by atoms with van der Waals surface area (Å²) in [7, 11) is 0. The average molecular weight is 417 g/mol. The van der Waals surface area contributed by atoms with Crippen molar-refractivity contribution in [2.45, 2.75) is 24.7 Å². The van der Waals surface area contributed by atoms with Gasteiger partial charge in [-0.3, -0.25) is 5.10 Å². The monoisotopic (exact) mass is 416 g/mol. The molecule has 7 nitrogen and oxygen atoms in total. The molecule has 2 aromatic heterocycles. The molecule has 1 aliphatic rings. The molecule has 0 radical (unpaired) electrons. The van der Waals surface area contributed by atoms with Gasteiger partial charge in [-0.2, -0.15) is 10.1 Å². The van der Waals surface area contributed by atoms with Crippen LogP contribution in [0.5, 0.6) is 5.88 Å². The maximum atomic E-state index is 6.37. The Morgan fingerprint density at radius 2 is 1.87 bits per heavy atom. The largest absolute Gasteiger partial charge is 0.448 e. The number of ether oxygens (including phenoxy) is 1. The first-order valence-electron chi connectivity index (χ1n) is 9.82. The van der Waals surface area contributed by atoms with E-state index in [2.05, 4.69) is 37.6 Å². The first-order chi connectivity index (χ1) is 14.8. The second-order valence-corrected chi connectivity index (χ2v) is 7.91. The molecule has 0 saturated carbocycles. The zero-order valence-electron chi connectivity index (χ0n) is 16.4. The van der Waals surface area contributed by atoms with Crippen molar-refractivity contribution in [3.63, 3.8) is 0 Å². The van der Waals surface area contributed by atoms with E-state index in [0.717, 1.165) is 40.2 Å². The van der Waals surface area contributed by atoms with E-state index in [1.165, 1.54) is 0 Å². The maximum Gasteiger partial charge on any atom is 0.247 e. The molecule has 0 aliphatic carbocycles. The minimum absolute atomic E-state index is 0.464. The molecule has 1 aliphatic heterocycles. The predicted molar refractivity (Wildman–Crippen MR) is 117 cm³/mol. The summed E-state index contributed by atoms with van der Waals surface area (Å²) in [4.78, 5) is 4.67. The van der Waals surface area contributed by atoms with E-state index >= 15 is 0 Å².